The van der Waals surface area contributed by atoms with Crippen molar-refractivity contribution in [2.75, 3.05) is 0 Å². The summed E-state index contributed by atoms with van der Waals surface area (Å²) < 4.78 is 1.65. The van der Waals surface area contributed by atoms with Gasteiger partial charge in [0.2, 0.25) is 0 Å². The van der Waals surface area contributed by atoms with E-state index in [0.717, 1.165) is 37.4 Å². The average Bonchev–Trinajstić information content (AvgIpc) is 3.06. The summed E-state index contributed by atoms with van der Waals surface area (Å²) in [6, 6.07) is 1.62. The monoisotopic (exact) mass is 388 g/mol. The predicted molar refractivity (Wildman–Crippen MR) is 105 cm³/mol. The van der Waals surface area contributed by atoms with E-state index in [2.05, 4.69) is 28.8 Å². The van der Waals surface area contributed by atoms with Crippen LogP contribution in [0.25, 0.3) is 15.2 Å². The number of thioether (sulfide) groups is 1. The molecule has 128 valence electrons. The van der Waals surface area contributed by atoms with Crippen LogP contribution in [-0.2, 0) is 5.75 Å². The van der Waals surface area contributed by atoms with Crippen LogP contribution in [-0.4, -0.2) is 19.4 Å². The van der Waals surface area contributed by atoms with Gasteiger partial charge in [-0.25, -0.2) is 15.0 Å². The van der Waals surface area contributed by atoms with Crippen LogP contribution in [0.5, 0.6) is 0 Å². The zero-order chi connectivity index (χ0) is 17.7. The lowest BCUT2D eigenvalue weighted by Gasteiger charge is -2.05. The van der Waals surface area contributed by atoms with Gasteiger partial charge in [-0.3, -0.25) is 9.20 Å². The molecule has 4 aromatic rings. The van der Waals surface area contributed by atoms with Crippen LogP contribution < -0.4 is 5.56 Å². The molecule has 0 fully saturated rings. The summed E-state index contributed by atoms with van der Waals surface area (Å²) >= 11 is 4.82. The zero-order valence-corrected chi connectivity index (χ0v) is 16.7. The Kier molecular flexibility index (Phi) is 4.13. The van der Waals surface area contributed by atoms with E-state index in [4.69, 9.17) is 0 Å². The van der Waals surface area contributed by atoms with Crippen LogP contribution in [0.4, 0.5) is 0 Å². The molecule has 5 nitrogen and oxygen atoms in total. The minimum absolute atomic E-state index is 0.0223. The largest absolute Gasteiger partial charge is 0.269 e. The third-order valence-electron chi connectivity index (χ3n) is 4.09. The van der Waals surface area contributed by atoms with Crippen LogP contribution >= 0.6 is 34.4 Å². The Morgan fingerprint density at radius 2 is 1.96 bits per heavy atom. The molecule has 0 aliphatic heterocycles. The van der Waals surface area contributed by atoms with Gasteiger partial charge < -0.3 is 0 Å². The van der Waals surface area contributed by atoms with E-state index in [1.807, 2.05) is 19.2 Å². The normalized spacial score (nSPS) is 11.7. The van der Waals surface area contributed by atoms with Gasteiger partial charge in [-0.15, -0.1) is 22.7 Å². The lowest BCUT2D eigenvalue weighted by molar-refractivity contribution is 0.991. The van der Waals surface area contributed by atoms with E-state index in [9.17, 15) is 4.79 Å². The molecule has 0 atom stereocenters. The summed E-state index contributed by atoms with van der Waals surface area (Å²) in [5.74, 6) is 1.39. The van der Waals surface area contributed by atoms with Crippen molar-refractivity contribution in [3.8, 4) is 0 Å². The van der Waals surface area contributed by atoms with E-state index in [1.165, 1.54) is 21.8 Å². The van der Waals surface area contributed by atoms with Gasteiger partial charge in [0.25, 0.3) is 5.56 Å². The number of rotatable bonds is 3. The molecule has 0 bridgehead atoms. The van der Waals surface area contributed by atoms with E-state index in [0.29, 0.717) is 5.75 Å². The first-order chi connectivity index (χ1) is 11.9. The maximum absolute atomic E-state index is 12.3. The van der Waals surface area contributed by atoms with Crippen molar-refractivity contribution in [2.45, 2.75) is 38.5 Å². The predicted octanol–water partition coefficient (Wildman–Crippen LogP) is 4.29. The first-order valence-electron chi connectivity index (χ1n) is 7.78. The lowest BCUT2D eigenvalue weighted by Crippen LogP contribution is -2.14. The number of aromatic nitrogens is 4. The van der Waals surface area contributed by atoms with E-state index >= 15 is 0 Å². The first-order valence-corrected chi connectivity index (χ1v) is 10.5. The van der Waals surface area contributed by atoms with Gasteiger partial charge in [0.15, 0.2) is 4.96 Å². The minimum atomic E-state index is -0.0223. The molecule has 0 spiro atoms. The van der Waals surface area contributed by atoms with Gasteiger partial charge in [-0.2, -0.15) is 0 Å². The Labute approximate surface area is 156 Å². The molecule has 0 unspecified atom stereocenters. The fraction of sp³-hybridized carbons (Fsp3) is 0.294. The molecule has 0 N–H and O–H groups in total. The molecule has 0 aliphatic carbocycles. The second-order valence-corrected chi connectivity index (χ2v) is 8.91. The summed E-state index contributed by atoms with van der Waals surface area (Å²) in [7, 11) is 0. The molecular weight excluding hydrogens is 372 g/mol. The van der Waals surface area contributed by atoms with Gasteiger partial charge in [0.05, 0.1) is 5.69 Å². The van der Waals surface area contributed by atoms with Gasteiger partial charge in [-0.05, 0) is 33.3 Å². The number of thiophene rings is 1. The van der Waals surface area contributed by atoms with Gasteiger partial charge >= 0.3 is 0 Å². The standard InChI is InChI=1S/C17H16N4OS3/c1-8-6-24-17-20-12(5-13(22)21(8)17)7-23-15-14-9(2)10(3)25-16(14)19-11(4)18-15/h5-6H,7H2,1-4H3. The van der Waals surface area contributed by atoms with Crippen molar-refractivity contribution in [3.63, 3.8) is 0 Å². The van der Waals surface area contributed by atoms with Crippen molar-refractivity contribution in [1.82, 2.24) is 19.4 Å². The summed E-state index contributed by atoms with van der Waals surface area (Å²) in [5, 5.41) is 4.05. The number of nitrogens with zero attached hydrogens (tertiary/aromatic N) is 4. The molecule has 25 heavy (non-hydrogen) atoms. The van der Waals surface area contributed by atoms with Gasteiger partial charge in [0.1, 0.15) is 15.7 Å². The zero-order valence-electron chi connectivity index (χ0n) is 14.3. The topological polar surface area (TPSA) is 60.2 Å². The van der Waals surface area contributed by atoms with Crippen molar-refractivity contribution in [1.29, 1.82) is 0 Å². The second kappa shape index (κ2) is 6.19. The molecule has 4 aromatic heterocycles. The van der Waals surface area contributed by atoms with Crippen LogP contribution in [0, 0.1) is 27.7 Å². The van der Waals surface area contributed by atoms with Gasteiger partial charge in [0, 0.05) is 33.2 Å². The Balaban J connectivity index is 1.72. The summed E-state index contributed by atoms with van der Waals surface area (Å²) in [6.07, 6.45) is 0. The van der Waals surface area contributed by atoms with Crippen molar-refractivity contribution < 1.29 is 0 Å². The Morgan fingerprint density at radius 3 is 2.76 bits per heavy atom. The highest BCUT2D eigenvalue weighted by molar-refractivity contribution is 7.98. The SMILES string of the molecule is Cc1nc(SCc2cc(=O)n3c(C)csc3n2)c2c(C)c(C)sc2n1. The number of thiazole rings is 1. The minimum Gasteiger partial charge on any atom is -0.269 e. The summed E-state index contributed by atoms with van der Waals surface area (Å²) in [4.78, 5) is 29.2. The molecule has 4 heterocycles. The van der Waals surface area contributed by atoms with E-state index in [-0.39, 0.29) is 5.56 Å². The molecule has 8 heteroatoms. The highest BCUT2D eigenvalue weighted by atomic mass is 32.2. The Bertz CT molecular complexity index is 1170. The highest BCUT2D eigenvalue weighted by Crippen LogP contribution is 2.36. The second-order valence-electron chi connectivity index (χ2n) is 5.91. The van der Waals surface area contributed by atoms with Gasteiger partial charge in [-0.1, -0.05) is 11.8 Å². The average molecular weight is 389 g/mol. The summed E-state index contributed by atoms with van der Waals surface area (Å²) in [6.45, 7) is 8.06. The molecule has 0 saturated carbocycles. The maximum atomic E-state index is 12.3. The molecule has 4 rings (SSSR count). The first kappa shape index (κ1) is 16.7. The van der Waals surface area contributed by atoms with Crippen molar-refractivity contribution in [3.05, 3.63) is 49.5 Å². The van der Waals surface area contributed by atoms with Crippen molar-refractivity contribution >= 4 is 49.6 Å². The van der Waals surface area contributed by atoms with Crippen LogP contribution in [0.1, 0.15) is 27.7 Å². The number of hydrogen-bond acceptors (Lipinski definition) is 7. The lowest BCUT2D eigenvalue weighted by atomic mass is 10.2. The molecule has 0 aromatic carbocycles. The molecular formula is C17H16N4OS3. The quantitative estimate of drug-likeness (QED) is 0.387. The van der Waals surface area contributed by atoms with Crippen LogP contribution in [0.15, 0.2) is 21.3 Å². The van der Waals surface area contributed by atoms with Crippen LogP contribution in [0.3, 0.4) is 0 Å². The molecule has 0 radical (unpaired) electrons. The Morgan fingerprint density at radius 1 is 1.16 bits per heavy atom. The molecule has 0 saturated heterocycles. The third kappa shape index (κ3) is 2.88. The number of fused-ring (bicyclic) bond motifs is 2. The third-order valence-corrected chi connectivity index (χ3v) is 7.15. The number of aryl methyl sites for hydroxylation is 4. The van der Waals surface area contributed by atoms with E-state index in [1.54, 1.807) is 33.6 Å². The molecule has 0 aliphatic rings. The van der Waals surface area contributed by atoms with Crippen molar-refractivity contribution in [2.24, 2.45) is 0 Å². The fourth-order valence-corrected chi connectivity index (χ4v) is 5.79. The summed E-state index contributed by atoms with van der Waals surface area (Å²) in [5.41, 5.74) is 2.92. The smallest absolute Gasteiger partial charge is 0.258 e. The Hall–Kier alpha value is -1.77. The molecule has 0 amide bonds. The van der Waals surface area contributed by atoms with E-state index < -0.39 is 0 Å². The fourth-order valence-electron chi connectivity index (χ4n) is 2.74. The van der Waals surface area contributed by atoms with Crippen LogP contribution in [0.2, 0.25) is 0 Å². The number of hydrogen-bond donors (Lipinski definition) is 0. The maximum Gasteiger partial charge on any atom is 0.258 e. The highest BCUT2D eigenvalue weighted by Gasteiger charge is 2.15.